The molecule has 0 spiro atoms. The van der Waals surface area contributed by atoms with Crippen LogP contribution >= 0.6 is 0 Å². The maximum absolute atomic E-state index is 5.96. The number of hydrogen-bond acceptors (Lipinski definition) is 3. The van der Waals surface area contributed by atoms with Crippen LogP contribution in [0.2, 0.25) is 0 Å². The highest BCUT2D eigenvalue weighted by Gasteiger charge is 2.22. The lowest BCUT2D eigenvalue weighted by Crippen LogP contribution is -2.38. The van der Waals surface area contributed by atoms with Gasteiger partial charge in [-0.25, -0.2) is 0 Å². The van der Waals surface area contributed by atoms with Crippen LogP contribution in [-0.4, -0.2) is 19.7 Å². The Kier molecular flexibility index (Phi) is 4.00. The van der Waals surface area contributed by atoms with E-state index < -0.39 is 0 Å². The third-order valence-corrected chi connectivity index (χ3v) is 3.46. The molecular weight excluding hydrogens is 224 g/mol. The third-order valence-electron chi connectivity index (χ3n) is 3.46. The molecular formula is C15H24N2O. The van der Waals surface area contributed by atoms with Crippen LogP contribution in [0.4, 0.5) is 11.4 Å². The number of nitrogens with zero attached hydrogens (tertiary/aromatic N) is 1. The lowest BCUT2D eigenvalue weighted by atomic mass is 9.91. The van der Waals surface area contributed by atoms with Gasteiger partial charge in [0.05, 0.1) is 6.61 Å². The van der Waals surface area contributed by atoms with Gasteiger partial charge in [-0.05, 0) is 31.2 Å². The van der Waals surface area contributed by atoms with Crippen LogP contribution in [0.3, 0.4) is 0 Å². The van der Waals surface area contributed by atoms with E-state index in [-0.39, 0.29) is 0 Å². The summed E-state index contributed by atoms with van der Waals surface area (Å²) in [6.07, 6.45) is 1.32. The molecule has 3 heteroatoms. The minimum absolute atomic E-state index is 0.676. The second-order valence-corrected chi connectivity index (χ2v) is 5.54. The lowest BCUT2D eigenvalue weighted by Gasteiger charge is -2.36. The molecule has 0 radical (unpaired) electrons. The molecule has 2 N–H and O–H groups in total. The molecule has 100 valence electrons. The number of ether oxygens (including phenoxy) is 1. The van der Waals surface area contributed by atoms with Crippen molar-refractivity contribution in [3.63, 3.8) is 0 Å². The predicted octanol–water partition coefficient (Wildman–Crippen LogP) is 3.15. The second kappa shape index (κ2) is 5.51. The van der Waals surface area contributed by atoms with Gasteiger partial charge in [0.25, 0.3) is 0 Å². The highest BCUT2D eigenvalue weighted by atomic mass is 16.5. The van der Waals surface area contributed by atoms with Gasteiger partial charge in [-0.2, -0.15) is 0 Å². The summed E-state index contributed by atoms with van der Waals surface area (Å²) >= 11 is 0. The van der Waals surface area contributed by atoms with E-state index in [1.54, 1.807) is 0 Å². The first kappa shape index (κ1) is 13.1. The van der Waals surface area contributed by atoms with Crippen molar-refractivity contribution in [3.8, 4) is 5.75 Å². The fraction of sp³-hybridized carbons (Fsp3) is 0.600. The zero-order valence-corrected chi connectivity index (χ0v) is 11.6. The fourth-order valence-electron chi connectivity index (χ4n) is 2.91. The molecule has 1 aromatic carbocycles. The Bertz CT molecular complexity index is 395. The Balaban J connectivity index is 2.21. The summed E-state index contributed by atoms with van der Waals surface area (Å²) < 4.78 is 5.57. The number of anilines is 2. The SMILES string of the molecule is CCOc1cc(N)cc(N2CC(C)CC(C)C2)c1. The van der Waals surface area contributed by atoms with Crippen molar-refractivity contribution in [1.29, 1.82) is 0 Å². The van der Waals surface area contributed by atoms with E-state index in [2.05, 4.69) is 24.8 Å². The molecule has 1 aliphatic rings. The summed E-state index contributed by atoms with van der Waals surface area (Å²) in [6, 6.07) is 6.04. The fourth-order valence-corrected chi connectivity index (χ4v) is 2.91. The molecule has 1 saturated heterocycles. The number of benzene rings is 1. The Hall–Kier alpha value is -1.38. The molecule has 2 unspecified atom stereocenters. The molecule has 1 fully saturated rings. The van der Waals surface area contributed by atoms with E-state index in [4.69, 9.17) is 10.5 Å². The molecule has 2 atom stereocenters. The smallest absolute Gasteiger partial charge is 0.123 e. The largest absolute Gasteiger partial charge is 0.494 e. The summed E-state index contributed by atoms with van der Waals surface area (Å²) in [5.74, 6) is 2.36. The van der Waals surface area contributed by atoms with Gasteiger partial charge in [0.15, 0.2) is 0 Å². The van der Waals surface area contributed by atoms with Gasteiger partial charge >= 0.3 is 0 Å². The monoisotopic (exact) mass is 248 g/mol. The topological polar surface area (TPSA) is 38.5 Å². The van der Waals surface area contributed by atoms with Crippen LogP contribution < -0.4 is 15.4 Å². The normalized spacial score (nSPS) is 24.1. The highest BCUT2D eigenvalue weighted by Crippen LogP contribution is 2.30. The quantitative estimate of drug-likeness (QED) is 0.835. The molecule has 0 saturated carbocycles. The van der Waals surface area contributed by atoms with Crippen LogP contribution in [0.1, 0.15) is 27.2 Å². The van der Waals surface area contributed by atoms with Crippen LogP contribution in [-0.2, 0) is 0 Å². The minimum Gasteiger partial charge on any atom is -0.494 e. The lowest BCUT2D eigenvalue weighted by molar-refractivity contribution is 0.338. The summed E-state index contributed by atoms with van der Waals surface area (Å²) in [7, 11) is 0. The van der Waals surface area contributed by atoms with E-state index in [1.807, 2.05) is 19.1 Å². The third kappa shape index (κ3) is 3.09. The van der Waals surface area contributed by atoms with Crippen LogP contribution in [0.25, 0.3) is 0 Å². The molecule has 0 aliphatic carbocycles. The van der Waals surface area contributed by atoms with Crippen molar-refractivity contribution in [2.24, 2.45) is 11.8 Å². The first-order valence-corrected chi connectivity index (χ1v) is 6.86. The Labute approximate surface area is 110 Å². The summed E-state index contributed by atoms with van der Waals surface area (Å²) in [5.41, 5.74) is 7.93. The summed E-state index contributed by atoms with van der Waals surface area (Å²) in [6.45, 7) is 9.53. The average molecular weight is 248 g/mol. The van der Waals surface area contributed by atoms with Crippen molar-refractivity contribution in [2.75, 3.05) is 30.3 Å². The number of hydrogen-bond donors (Lipinski definition) is 1. The van der Waals surface area contributed by atoms with Crippen LogP contribution in [0.15, 0.2) is 18.2 Å². The molecule has 18 heavy (non-hydrogen) atoms. The van der Waals surface area contributed by atoms with E-state index in [0.29, 0.717) is 6.61 Å². The molecule has 0 amide bonds. The standard InChI is InChI=1S/C15H24N2O/c1-4-18-15-7-13(16)6-14(8-15)17-9-11(2)5-12(3)10-17/h6-8,11-12H,4-5,9-10,16H2,1-3H3. The van der Waals surface area contributed by atoms with Crippen molar-refractivity contribution >= 4 is 11.4 Å². The van der Waals surface area contributed by atoms with Gasteiger partial charge in [0, 0.05) is 36.6 Å². The van der Waals surface area contributed by atoms with E-state index >= 15 is 0 Å². The van der Waals surface area contributed by atoms with E-state index in [9.17, 15) is 0 Å². The van der Waals surface area contributed by atoms with Crippen molar-refractivity contribution in [3.05, 3.63) is 18.2 Å². The minimum atomic E-state index is 0.676. The number of piperidine rings is 1. The summed E-state index contributed by atoms with van der Waals surface area (Å²) in [5, 5.41) is 0. The highest BCUT2D eigenvalue weighted by molar-refractivity contribution is 5.60. The Morgan fingerprint density at radius 3 is 2.50 bits per heavy atom. The predicted molar refractivity (Wildman–Crippen MR) is 77.2 cm³/mol. The zero-order chi connectivity index (χ0) is 13.1. The zero-order valence-electron chi connectivity index (χ0n) is 11.6. The molecule has 2 rings (SSSR count). The molecule has 1 heterocycles. The molecule has 1 aromatic rings. The molecule has 1 aliphatic heterocycles. The molecule has 0 bridgehead atoms. The average Bonchev–Trinajstić information content (AvgIpc) is 2.27. The number of nitrogens with two attached hydrogens (primary N) is 1. The van der Waals surface area contributed by atoms with Gasteiger partial charge in [-0.1, -0.05) is 13.8 Å². The Morgan fingerprint density at radius 2 is 1.89 bits per heavy atom. The van der Waals surface area contributed by atoms with E-state index in [0.717, 1.165) is 36.4 Å². The van der Waals surface area contributed by atoms with Crippen molar-refractivity contribution in [1.82, 2.24) is 0 Å². The van der Waals surface area contributed by atoms with Crippen molar-refractivity contribution < 1.29 is 4.74 Å². The Morgan fingerprint density at radius 1 is 1.22 bits per heavy atom. The number of rotatable bonds is 3. The van der Waals surface area contributed by atoms with Crippen LogP contribution in [0.5, 0.6) is 5.75 Å². The van der Waals surface area contributed by atoms with Gasteiger partial charge in [-0.15, -0.1) is 0 Å². The van der Waals surface area contributed by atoms with Gasteiger partial charge < -0.3 is 15.4 Å². The van der Waals surface area contributed by atoms with Gasteiger partial charge in [0.2, 0.25) is 0 Å². The second-order valence-electron chi connectivity index (χ2n) is 5.54. The maximum atomic E-state index is 5.96. The van der Waals surface area contributed by atoms with Gasteiger partial charge in [0.1, 0.15) is 5.75 Å². The summed E-state index contributed by atoms with van der Waals surface area (Å²) in [4.78, 5) is 2.43. The van der Waals surface area contributed by atoms with Gasteiger partial charge in [-0.3, -0.25) is 0 Å². The molecule has 3 nitrogen and oxygen atoms in total. The first-order chi connectivity index (χ1) is 8.58. The first-order valence-electron chi connectivity index (χ1n) is 6.86. The maximum Gasteiger partial charge on any atom is 0.123 e. The van der Waals surface area contributed by atoms with Crippen molar-refractivity contribution in [2.45, 2.75) is 27.2 Å². The number of nitrogen functional groups attached to an aromatic ring is 1. The molecule has 0 aromatic heterocycles. The van der Waals surface area contributed by atoms with Crippen LogP contribution in [0, 0.1) is 11.8 Å². The van der Waals surface area contributed by atoms with E-state index in [1.165, 1.54) is 12.1 Å².